The van der Waals surface area contributed by atoms with E-state index in [0.29, 0.717) is 6.61 Å². The Morgan fingerprint density at radius 1 is 1.29 bits per heavy atom. The Labute approximate surface area is 129 Å². The zero-order valence-electron chi connectivity index (χ0n) is 13.9. The van der Waals surface area contributed by atoms with Crippen molar-refractivity contribution in [3.8, 4) is 11.5 Å². The Morgan fingerprint density at radius 3 is 2.86 bits per heavy atom. The maximum atomic E-state index is 6.00. The first kappa shape index (κ1) is 16.2. The third-order valence-electron chi connectivity index (χ3n) is 3.73. The van der Waals surface area contributed by atoms with Crippen molar-refractivity contribution < 1.29 is 9.47 Å². The van der Waals surface area contributed by atoms with E-state index >= 15 is 0 Å². The SMILES string of the molecule is CC(C)CCCNCCOc1cccc2c1OC(C)(C)C2. The lowest BCUT2D eigenvalue weighted by Crippen LogP contribution is -2.25. The van der Waals surface area contributed by atoms with Gasteiger partial charge in [0.25, 0.3) is 0 Å². The van der Waals surface area contributed by atoms with E-state index in [1.54, 1.807) is 0 Å². The number of hydrogen-bond donors (Lipinski definition) is 1. The average Bonchev–Trinajstić information content (AvgIpc) is 2.72. The minimum absolute atomic E-state index is 0.114. The van der Waals surface area contributed by atoms with E-state index in [9.17, 15) is 0 Å². The van der Waals surface area contributed by atoms with Crippen molar-refractivity contribution in [3.63, 3.8) is 0 Å². The van der Waals surface area contributed by atoms with E-state index in [1.165, 1.54) is 18.4 Å². The quantitative estimate of drug-likeness (QED) is 0.739. The van der Waals surface area contributed by atoms with Gasteiger partial charge in [0, 0.05) is 18.5 Å². The number of rotatable bonds is 8. The predicted octanol–water partition coefficient (Wildman–Crippen LogP) is 3.80. The van der Waals surface area contributed by atoms with Gasteiger partial charge in [-0.1, -0.05) is 26.0 Å². The lowest BCUT2D eigenvalue weighted by Gasteiger charge is -2.18. The molecule has 0 radical (unpaired) electrons. The molecule has 0 amide bonds. The zero-order valence-corrected chi connectivity index (χ0v) is 13.9. The van der Waals surface area contributed by atoms with Crippen LogP contribution in [-0.4, -0.2) is 25.3 Å². The summed E-state index contributed by atoms with van der Waals surface area (Å²) in [6, 6.07) is 6.18. The molecular weight excluding hydrogens is 262 g/mol. The van der Waals surface area contributed by atoms with Crippen LogP contribution in [0.3, 0.4) is 0 Å². The van der Waals surface area contributed by atoms with Crippen molar-refractivity contribution in [2.45, 2.75) is 52.6 Å². The van der Waals surface area contributed by atoms with E-state index in [-0.39, 0.29) is 5.60 Å². The highest BCUT2D eigenvalue weighted by Crippen LogP contribution is 2.41. The molecule has 1 aliphatic heterocycles. The van der Waals surface area contributed by atoms with Crippen LogP contribution in [0.1, 0.15) is 46.1 Å². The Hall–Kier alpha value is -1.22. The van der Waals surface area contributed by atoms with Gasteiger partial charge in [0.2, 0.25) is 0 Å². The second-order valence-electron chi connectivity index (χ2n) is 6.92. The topological polar surface area (TPSA) is 30.5 Å². The number of fused-ring (bicyclic) bond motifs is 1. The van der Waals surface area contributed by atoms with Crippen LogP contribution in [0.5, 0.6) is 11.5 Å². The van der Waals surface area contributed by atoms with Gasteiger partial charge in [0.15, 0.2) is 11.5 Å². The van der Waals surface area contributed by atoms with Gasteiger partial charge in [-0.2, -0.15) is 0 Å². The summed E-state index contributed by atoms with van der Waals surface area (Å²) in [5.74, 6) is 2.60. The summed E-state index contributed by atoms with van der Waals surface area (Å²) in [7, 11) is 0. The molecule has 0 spiro atoms. The van der Waals surface area contributed by atoms with Crippen LogP contribution in [0.15, 0.2) is 18.2 Å². The van der Waals surface area contributed by atoms with E-state index in [4.69, 9.17) is 9.47 Å². The summed E-state index contributed by atoms with van der Waals surface area (Å²) >= 11 is 0. The molecule has 0 saturated carbocycles. The van der Waals surface area contributed by atoms with Crippen molar-refractivity contribution in [3.05, 3.63) is 23.8 Å². The minimum atomic E-state index is -0.114. The van der Waals surface area contributed by atoms with E-state index in [0.717, 1.165) is 36.9 Å². The fraction of sp³-hybridized carbons (Fsp3) is 0.667. The van der Waals surface area contributed by atoms with Gasteiger partial charge < -0.3 is 14.8 Å². The Bertz CT molecular complexity index is 455. The minimum Gasteiger partial charge on any atom is -0.488 e. The van der Waals surface area contributed by atoms with Crippen molar-refractivity contribution >= 4 is 0 Å². The zero-order chi connectivity index (χ0) is 15.3. The molecule has 0 fully saturated rings. The Kier molecular flexibility index (Phi) is 5.51. The maximum absolute atomic E-state index is 6.00. The molecule has 1 aromatic carbocycles. The molecule has 0 atom stereocenters. The monoisotopic (exact) mass is 291 g/mol. The fourth-order valence-electron chi connectivity index (χ4n) is 2.69. The molecule has 0 bridgehead atoms. The summed E-state index contributed by atoms with van der Waals surface area (Å²) in [5.41, 5.74) is 1.14. The summed E-state index contributed by atoms with van der Waals surface area (Å²) < 4.78 is 11.9. The molecule has 3 heteroatoms. The van der Waals surface area contributed by atoms with Crippen molar-refractivity contribution in [2.24, 2.45) is 5.92 Å². The molecule has 0 unspecified atom stereocenters. The van der Waals surface area contributed by atoms with Crippen molar-refractivity contribution in [1.82, 2.24) is 5.32 Å². The lowest BCUT2D eigenvalue weighted by atomic mass is 10.0. The van der Waals surface area contributed by atoms with Gasteiger partial charge >= 0.3 is 0 Å². The predicted molar refractivity (Wildman–Crippen MR) is 87.3 cm³/mol. The van der Waals surface area contributed by atoms with Gasteiger partial charge in [0.05, 0.1) is 0 Å². The number of para-hydroxylation sites is 1. The molecular formula is C18H29NO2. The van der Waals surface area contributed by atoms with Crippen LogP contribution >= 0.6 is 0 Å². The number of ether oxygens (including phenoxy) is 2. The molecule has 2 rings (SSSR count). The number of hydrogen-bond acceptors (Lipinski definition) is 3. The van der Waals surface area contributed by atoms with E-state index in [1.807, 2.05) is 6.07 Å². The van der Waals surface area contributed by atoms with E-state index < -0.39 is 0 Å². The molecule has 0 aromatic heterocycles. The highest BCUT2D eigenvalue weighted by atomic mass is 16.5. The molecule has 1 N–H and O–H groups in total. The summed E-state index contributed by atoms with van der Waals surface area (Å²) in [4.78, 5) is 0. The summed E-state index contributed by atoms with van der Waals surface area (Å²) in [6.45, 7) is 11.4. The third-order valence-corrected chi connectivity index (χ3v) is 3.73. The molecule has 1 heterocycles. The van der Waals surface area contributed by atoms with Crippen LogP contribution in [0.4, 0.5) is 0 Å². The van der Waals surface area contributed by atoms with Gasteiger partial charge in [-0.15, -0.1) is 0 Å². The molecule has 1 aromatic rings. The van der Waals surface area contributed by atoms with Crippen LogP contribution in [0.2, 0.25) is 0 Å². The molecule has 3 nitrogen and oxygen atoms in total. The van der Waals surface area contributed by atoms with Gasteiger partial charge in [-0.05, 0) is 45.2 Å². The third kappa shape index (κ3) is 4.92. The Morgan fingerprint density at radius 2 is 2.10 bits per heavy atom. The smallest absolute Gasteiger partial charge is 0.165 e. The van der Waals surface area contributed by atoms with Crippen LogP contribution in [0, 0.1) is 5.92 Å². The first-order valence-electron chi connectivity index (χ1n) is 8.12. The Balaban J connectivity index is 1.72. The van der Waals surface area contributed by atoms with Crippen molar-refractivity contribution in [1.29, 1.82) is 0 Å². The largest absolute Gasteiger partial charge is 0.488 e. The average molecular weight is 291 g/mol. The van der Waals surface area contributed by atoms with Gasteiger partial charge in [0.1, 0.15) is 12.2 Å². The van der Waals surface area contributed by atoms with Gasteiger partial charge in [-0.3, -0.25) is 0 Å². The summed E-state index contributed by atoms with van der Waals surface area (Å²) in [5, 5.41) is 3.43. The molecule has 0 aliphatic carbocycles. The highest BCUT2D eigenvalue weighted by molar-refractivity contribution is 5.50. The number of nitrogens with one attached hydrogen (secondary N) is 1. The standard InChI is InChI=1S/C18H29NO2/c1-14(2)7-6-10-19-11-12-20-16-9-5-8-15-13-18(3,4)21-17(15)16/h5,8-9,14,19H,6-7,10-13H2,1-4H3. The molecule has 118 valence electrons. The first-order chi connectivity index (χ1) is 9.98. The van der Waals surface area contributed by atoms with Crippen molar-refractivity contribution in [2.75, 3.05) is 19.7 Å². The first-order valence-corrected chi connectivity index (χ1v) is 8.12. The number of benzene rings is 1. The normalized spacial score (nSPS) is 15.9. The van der Waals surface area contributed by atoms with Crippen LogP contribution in [0.25, 0.3) is 0 Å². The fourth-order valence-corrected chi connectivity index (χ4v) is 2.69. The lowest BCUT2D eigenvalue weighted by molar-refractivity contribution is 0.132. The molecule has 1 aliphatic rings. The highest BCUT2D eigenvalue weighted by Gasteiger charge is 2.32. The van der Waals surface area contributed by atoms with E-state index in [2.05, 4.69) is 45.1 Å². The summed E-state index contributed by atoms with van der Waals surface area (Å²) in [6.07, 6.45) is 3.46. The molecule has 21 heavy (non-hydrogen) atoms. The van der Waals surface area contributed by atoms with Crippen LogP contribution in [-0.2, 0) is 6.42 Å². The van der Waals surface area contributed by atoms with Crippen LogP contribution < -0.4 is 14.8 Å². The second-order valence-corrected chi connectivity index (χ2v) is 6.92. The van der Waals surface area contributed by atoms with Gasteiger partial charge in [-0.25, -0.2) is 0 Å². The second kappa shape index (κ2) is 7.17. The maximum Gasteiger partial charge on any atom is 0.165 e. The molecule has 0 saturated heterocycles.